The molecule has 0 radical (unpaired) electrons. The molecule has 4 heteroatoms. The molecule has 0 amide bonds. The van der Waals surface area contributed by atoms with Crippen molar-refractivity contribution in [2.45, 2.75) is 23.6 Å². The van der Waals surface area contributed by atoms with E-state index in [1.54, 1.807) is 19.0 Å². The Balaban J connectivity index is 3.80. The average Bonchev–Trinajstić information content (AvgIpc) is 1.87. The van der Waals surface area contributed by atoms with E-state index in [0.717, 1.165) is 11.7 Å². The van der Waals surface area contributed by atoms with Crippen molar-refractivity contribution in [1.29, 1.82) is 0 Å². The Labute approximate surface area is 73.9 Å². The number of rotatable bonds is 5. The van der Waals surface area contributed by atoms with Crippen molar-refractivity contribution in [3.05, 3.63) is 0 Å². The van der Waals surface area contributed by atoms with Crippen LogP contribution in [0.15, 0.2) is 0 Å². The zero-order valence-corrected chi connectivity index (χ0v) is 8.92. The van der Waals surface area contributed by atoms with Crippen molar-refractivity contribution in [2.24, 2.45) is 0 Å². The first-order valence-electron chi connectivity index (χ1n) is 3.47. The predicted octanol–water partition coefficient (Wildman–Crippen LogP) is 0.562. The Hall–Kier alpha value is -0.0505. The number of carboxylic acid groups (broad SMARTS) is 1. The molecule has 0 unspecified atom stereocenters. The Bertz CT molecular complexity index is 128. The van der Waals surface area contributed by atoms with Gasteiger partial charge in [0.05, 0.1) is 0 Å². The van der Waals surface area contributed by atoms with Crippen molar-refractivity contribution < 1.29 is 9.90 Å². The second-order valence-corrected chi connectivity index (χ2v) is 4.67. The zero-order valence-electron chi connectivity index (χ0n) is 7.20. The van der Waals surface area contributed by atoms with Crippen LogP contribution in [0.25, 0.3) is 0 Å². The van der Waals surface area contributed by atoms with Gasteiger partial charge in [-0.2, -0.15) is 0 Å². The number of likely N-dealkylation sites (N-methyl/N-ethyl adjacent to an activating group) is 1. The van der Waals surface area contributed by atoms with Crippen LogP contribution in [0.5, 0.6) is 0 Å². The molecule has 0 aliphatic heterocycles. The standard InChI is InChI=1S/C7H15NO2Se/c1-8(2)6(7(9)10)4-5-11-3/h6H,4-5H2,1-3H3,(H,9,10)/t6-/m0/s1. The fourth-order valence-electron chi connectivity index (χ4n) is 0.832. The van der Waals surface area contributed by atoms with Gasteiger partial charge in [-0.05, 0) is 0 Å². The summed E-state index contributed by atoms with van der Waals surface area (Å²) in [6.07, 6.45) is 0.777. The summed E-state index contributed by atoms with van der Waals surface area (Å²) in [4.78, 5) is 12.4. The molecule has 0 fully saturated rings. The first-order valence-corrected chi connectivity index (χ1v) is 6.40. The summed E-state index contributed by atoms with van der Waals surface area (Å²) in [6, 6.07) is -0.295. The van der Waals surface area contributed by atoms with Crippen molar-refractivity contribution in [3.63, 3.8) is 0 Å². The number of aliphatic carboxylic acids is 1. The van der Waals surface area contributed by atoms with E-state index in [1.807, 2.05) is 0 Å². The van der Waals surface area contributed by atoms with E-state index < -0.39 is 5.97 Å². The molecular weight excluding hydrogens is 209 g/mol. The topological polar surface area (TPSA) is 40.5 Å². The number of carbonyl (C=O) groups is 1. The van der Waals surface area contributed by atoms with E-state index >= 15 is 0 Å². The summed E-state index contributed by atoms with van der Waals surface area (Å²) in [7, 11) is 3.61. The summed E-state index contributed by atoms with van der Waals surface area (Å²) in [5.74, 6) is 1.42. The molecule has 66 valence electrons. The third-order valence-corrected chi connectivity index (χ3v) is 2.85. The van der Waals surface area contributed by atoms with Crippen LogP contribution in [0.4, 0.5) is 0 Å². The van der Waals surface area contributed by atoms with E-state index in [9.17, 15) is 4.79 Å². The fraction of sp³-hybridized carbons (Fsp3) is 0.857. The molecule has 0 bridgehead atoms. The summed E-state index contributed by atoms with van der Waals surface area (Å²) < 4.78 is 0. The van der Waals surface area contributed by atoms with Crippen molar-refractivity contribution in [2.75, 3.05) is 14.1 Å². The van der Waals surface area contributed by atoms with E-state index in [0.29, 0.717) is 15.0 Å². The second-order valence-electron chi connectivity index (χ2n) is 2.60. The predicted molar refractivity (Wildman–Crippen MR) is 46.2 cm³/mol. The van der Waals surface area contributed by atoms with Crippen LogP contribution in [0.3, 0.4) is 0 Å². The normalized spacial score (nSPS) is 13.5. The molecule has 1 N–H and O–H groups in total. The third kappa shape index (κ3) is 4.40. The SMILES string of the molecule is C[Se]CC[C@@H](C(=O)O)N(C)C. The van der Waals surface area contributed by atoms with Gasteiger partial charge < -0.3 is 0 Å². The summed E-state index contributed by atoms with van der Waals surface area (Å²) >= 11 is 0.587. The summed E-state index contributed by atoms with van der Waals surface area (Å²) in [6.45, 7) is 0. The van der Waals surface area contributed by atoms with Gasteiger partial charge in [0.1, 0.15) is 0 Å². The van der Waals surface area contributed by atoms with Gasteiger partial charge in [0.2, 0.25) is 0 Å². The van der Waals surface area contributed by atoms with Crippen LogP contribution in [0, 0.1) is 0 Å². The third-order valence-electron chi connectivity index (χ3n) is 1.50. The molecule has 0 rings (SSSR count). The molecule has 0 saturated heterocycles. The molecule has 3 nitrogen and oxygen atoms in total. The molecule has 1 atom stereocenters. The van der Waals surface area contributed by atoms with Gasteiger partial charge in [-0.3, -0.25) is 0 Å². The number of nitrogens with zero attached hydrogens (tertiary/aromatic N) is 1. The Morgan fingerprint density at radius 3 is 2.45 bits per heavy atom. The minimum atomic E-state index is -0.709. The maximum absolute atomic E-state index is 10.6. The second kappa shape index (κ2) is 5.58. The van der Waals surface area contributed by atoms with Gasteiger partial charge in [0.15, 0.2) is 0 Å². The monoisotopic (exact) mass is 225 g/mol. The molecule has 0 aromatic rings. The zero-order chi connectivity index (χ0) is 8.85. The van der Waals surface area contributed by atoms with Crippen LogP contribution in [-0.4, -0.2) is 51.1 Å². The molecular formula is C7H15NO2Se. The minimum absolute atomic E-state index is 0.295. The van der Waals surface area contributed by atoms with Crippen LogP contribution in [0.1, 0.15) is 6.42 Å². The van der Waals surface area contributed by atoms with Crippen molar-refractivity contribution in [3.8, 4) is 0 Å². The molecule has 0 aliphatic rings. The molecule has 0 aromatic carbocycles. The number of carboxylic acids is 1. The van der Waals surface area contributed by atoms with Crippen LogP contribution in [-0.2, 0) is 4.79 Å². The van der Waals surface area contributed by atoms with Gasteiger partial charge in [-0.25, -0.2) is 0 Å². The Kier molecular flexibility index (Phi) is 5.56. The van der Waals surface area contributed by atoms with Gasteiger partial charge in [0.25, 0.3) is 0 Å². The first-order chi connectivity index (χ1) is 5.09. The summed E-state index contributed by atoms with van der Waals surface area (Å²) in [5, 5.41) is 9.78. The molecule has 0 aromatic heterocycles. The van der Waals surface area contributed by atoms with Gasteiger partial charge in [0, 0.05) is 0 Å². The quantitative estimate of drug-likeness (QED) is 0.694. The molecule has 0 aliphatic carbocycles. The van der Waals surface area contributed by atoms with Crippen molar-refractivity contribution >= 4 is 20.9 Å². The molecule has 0 spiro atoms. The first kappa shape index (κ1) is 10.9. The van der Waals surface area contributed by atoms with Crippen LogP contribution < -0.4 is 0 Å². The van der Waals surface area contributed by atoms with Gasteiger partial charge >= 0.3 is 73.4 Å². The molecule has 0 heterocycles. The van der Waals surface area contributed by atoms with E-state index in [1.165, 1.54) is 0 Å². The summed E-state index contributed by atoms with van der Waals surface area (Å²) in [5.41, 5.74) is 0. The van der Waals surface area contributed by atoms with Gasteiger partial charge in [-0.1, -0.05) is 0 Å². The number of hydrogen-bond acceptors (Lipinski definition) is 2. The van der Waals surface area contributed by atoms with E-state index in [-0.39, 0.29) is 6.04 Å². The number of hydrogen-bond donors (Lipinski definition) is 1. The Morgan fingerprint density at radius 1 is 1.64 bits per heavy atom. The van der Waals surface area contributed by atoms with Crippen LogP contribution in [0.2, 0.25) is 11.1 Å². The van der Waals surface area contributed by atoms with E-state index in [4.69, 9.17) is 5.11 Å². The molecule has 0 saturated carbocycles. The van der Waals surface area contributed by atoms with Crippen LogP contribution >= 0.6 is 0 Å². The Morgan fingerprint density at radius 2 is 2.18 bits per heavy atom. The maximum atomic E-state index is 10.6. The van der Waals surface area contributed by atoms with E-state index in [2.05, 4.69) is 5.82 Å². The van der Waals surface area contributed by atoms with Gasteiger partial charge in [-0.15, -0.1) is 0 Å². The fourth-order valence-corrected chi connectivity index (χ4v) is 1.79. The van der Waals surface area contributed by atoms with Crippen molar-refractivity contribution in [1.82, 2.24) is 4.90 Å². The average molecular weight is 224 g/mol. The molecule has 11 heavy (non-hydrogen) atoms.